The molecule has 0 bridgehead atoms. The molecule has 0 unspecified atom stereocenters. The van der Waals surface area contributed by atoms with E-state index in [2.05, 4.69) is 10.00 Å². The quantitative estimate of drug-likeness (QED) is 0.848. The van der Waals surface area contributed by atoms with E-state index in [0.717, 1.165) is 18.9 Å². The van der Waals surface area contributed by atoms with Gasteiger partial charge >= 0.3 is 5.97 Å². The predicted molar refractivity (Wildman–Crippen MR) is 61.0 cm³/mol. The van der Waals surface area contributed by atoms with Crippen molar-refractivity contribution < 1.29 is 9.90 Å². The summed E-state index contributed by atoms with van der Waals surface area (Å²) in [4.78, 5) is 13.1. The molecule has 0 radical (unpaired) electrons. The molecule has 0 spiro atoms. The highest BCUT2D eigenvalue weighted by Crippen LogP contribution is 2.24. The van der Waals surface area contributed by atoms with E-state index < -0.39 is 5.97 Å². The molecule has 16 heavy (non-hydrogen) atoms. The Bertz CT molecular complexity index is 392. The first kappa shape index (κ1) is 11.0. The van der Waals surface area contributed by atoms with Gasteiger partial charge in [0, 0.05) is 25.2 Å². The van der Waals surface area contributed by atoms with Crippen LogP contribution in [-0.4, -0.2) is 33.9 Å². The normalized spacial score (nSPS) is 16.1. The highest BCUT2D eigenvalue weighted by Gasteiger charge is 2.21. The summed E-state index contributed by atoms with van der Waals surface area (Å²) in [6.45, 7) is 6.02. The average molecular weight is 223 g/mol. The van der Waals surface area contributed by atoms with Gasteiger partial charge in [-0.3, -0.25) is 0 Å². The minimum atomic E-state index is -0.958. The molecular weight excluding hydrogens is 206 g/mol. The van der Waals surface area contributed by atoms with Crippen LogP contribution in [0.25, 0.3) is 0 Å². The van der Waals surface area contributed by atoms with E-state index >= 15 is 0 Å². The number of aromatic nitrogens is 2. The van der Waals surface area contributed by atoms with Crippen LogP contribution >= 0.6 is 0 Å². The average Bonchev–Trinajstić information content (AvgIpc) is 2.86. The number of carbonyl (C=O) groups is 1. The first-order valence-electron chi connectivity index (χ1n) is 5.67. The largest absolute Gasteiger partial charge is 0.476 e. The van der Waals surface area contributed by atoms with Crippen molar-refractivity contribution in [2.24, 2.45) is 0 Å². The molecule has 0 aromatic carbocycles. The minimum Gasteiger partial charge on any atom is -0.476 e. The van der Waals surface area contributed by atoms with Gasteiger partial charge < -0.3 is 10.0 Å². The third-order valence-corrected chi connectivity index (χ3v) is 2.85. The van der Waals surface area contributed by atoms with Crippen molar-refractivity contribution in [3.63, 3.8) is 0 Å². The number of carboxylic acid groups (broad SMARTS) is 1. The Morgan fingerprint density at radius 2 is 2.06 bits per heavy atom. The van der Waals surface area contributed by atoms with Gasteiger partial charge in [-0.05, 0) is 26.7 Å². The topological polar surface area (TPSA) is 58.4 Å². The smallest absolute Gasteiger partial charge is 0.356 e. The molecule has 0 aliphatic carbocycles. The van der Waals surface area contributed by atoms with Crippen LogP contribution in [0.3, 0.4) is 0 Å². The molecule has 2 rings (SSSR count). The van der Waals surface area contributed by atoms with Crippen molar-refractivity contribution in [2.45, 2.75) is 32.7 Å². The zero-order valence-electron chi connectivity index (χ0n) is 9.68. The van der Waals surface area contributed by atoms with Crippen LogP contribution in [0.4, 0.5) is 5.82 Å². The standard InChI is InChI=1S/C11H17N3O2/c1-8(2)14-10(13-5-3-4-6-13)7-9(12-14)11(15)16/h7-8H,3-6H2,1-2H3,(H,15,16). The highest BCUT2D eigenvalue weighted by atomic mass is 16.4. The van der Waals surface area contributed by atoms with Crippen molar-refractivity contribution in [1.29, 1.82) is 0 Å². The van der Waals surface area contributed by atoms with Crippen LogP contribution in [-0.2, 0) is 0 Å². The Hall–Kier alpha value is -1.52. The summed E-state index contributed by atoms with van der Waals surface area (Å²) < 4.78 is 1.80. The molecule has 1 aromatic heterocycles. The fourth-order valence-corrected chi connectivity index (χ4v) is 2.05. The summed E-state index contributed by atoms with van der Waals surface area (Å²) in [6.07, 6.45) is 2.34. The molecule has 0 atom stereocenters. The number of rotatable bonds is 3. The van der Waals surface area contributed by atoms with Gasteiger partial charge in [0.05, 0.1) is 0 Å². The fourth-order valence-electron chi connectivity index (χ4n) is 2.05. The molecule has 0 amide bonds. The fraction of sp³-hybridized carbons (Fsp3) is 0.636. The lowest BCUT2D eigenvalue weighted by atomic mass is 10.4. The van der Waals surface area contributed by atoms with Crippen LogP contribution in [0, 0.1) is 0 Å². The van der Waals surface area contributed by atoms with Gasteiger partial charge in [-0.15, -0.1) is 0 Å². The summed E-state index contributed by atoms with van der Waals surface area (Å²) >= 11 is 0. The molecule has 2 heterocycles. The maximum atomic E-state index is 10.9. The molecule has 0 saturated carbocycles. The van der Waals surface area contributed by atoms with Crippen LogP contribution in [0.2, 0.25) is 0 Å². The van der Waals surface area contributed by atoms with Crippen molar-refractivity contribution in [2.75, 3.05) is 18.0 Å². The first-order valence-corrected chi connectivity index (χ1v) is 5.67. The van der Waals surface area contributed by atoms with Gasteiger partial charge in [0.15, 0.2) is 5.69 Å². The van der Waals surface area contributed by atoms with E-state index in [-0.39, 0.29) is 11.7 Å². The van der Waals surface area contributed by atoms with E-state index in [4.69, 9.17) is 5.11 Å². The second kappa shape index (κ2) is 4.15. The summed E-state index contributed by atoms with van der Waals surface area (Å²) in [7, 11) is 0. The molecular formula is C11H17N3O2. The SMILES string of the molecule is CC(C)n1nc(C(=O)O)cc1N1CCCC1. The van der Waals surface area contributed by atoms with E-state index in [1.165, 1.54) is 12.8 Å². The molecule has 1 N–H and O–H groups in total. The van der Waals surface area contributed by atoms with E-state index in [0.29, 0.717) is 0 Å². The second-order valence-electron chi connectivity index (χ2n) is 4.43. The lowest BCUT2D eigenvalue weighted by molar-refractivity contribution is 0.0689. The molecule has 1 aliphatic rings. The van der Waals surface area contributed by atoms with Gasteiger partial charge in [-0.1, -0.05) is 0 Å². The number of aromatic carboxylic acids is 1. The number of hydrogen-bond donors (Lipinski definition) is 1. The predicted octanol–water partition coefficient (Wildman–Crippen LogP) is 1.76. The Kier molecular flexibility index (Phi) is 2.85. The first-order chi connectivity index (χ1) is 7.59. The molecule has 1 aromatic rings. The number of anilines is 1. The molecule has 88 valence electrons. The van der Waals surface area contributed by atoms with Crippen molar-refractivity contribution in [3.8, 4) is 0 Å². The van der Waals surface area contributed by atoms with Crippen molar-refractivity contribution in [1.82, 2.24) is 9.78 Å². The lowest BCUT2D eigenvalue weighted by Crippen LogP contribution is -2.22. The van der Waals surface area contributed by atoms with E-state index in [1.807, 2.05) is 13.8 Å². The Labute approximate surface area is 94.7 Å². The maximum absolute atomic E-state index is 10.9. The highest BCUT2D eigenvalue weighted by molar-refractivity contribution is 5.86. The number of carboxylic acids is 1. The number of nitrogens with zero attached hydrogens (tertiary/aromatic N) is 3. The van der Waals surface area contributed by atoms with Crippen molar-refractivity contribution >= 4 is 11.8 Å². The van der Waals surface area contributed by atoms with Crippen LogP contribution in [0.15, 0.2) is 6.07 Å². The van der Waals surface area contributed by atoms with Crippen LogP contribution < -0.4 is 4.90 Å². The Morgan fingerprint density at radius 1 is 1.44 bits per heavy atom. The van der Waals surface area contributed by atoms with Crippen LogP contribution in [0.1, 0.15) is 43.2 Å². The number of hydrogen-bond acceptors (Lipinski definition) is 3. The zero-order chi connectivity index (χ0) is 11.7. The van der Waals surface area contributed by atoms with Gasteiger partial charge in [0.2, 0.25) is 0 Å². The zero-order valence-corrected chi connectivity index (χ0v) is 9.68. The molecule has 5 nitrogen and oxygen atoms in total. The second-order valence-corrected chi connectivity index (χ2v) is 4.43. The third kappa shape index (κ3) is 1.89. The van der Waals surface area contributed by atoms with Gasteiger partial charge in [-0.25, -0.2) is 9.48 Å². The minimum absolute atomic E-state index is 0.135. The lowest BCUT2D eigenvalue weighted by Gasteiger charge is -2.20. The van der Waals surface area contributed by atoms with Crippen LogP contribution in [0.5, 0.6) is 0 Å². The van der Waals surface area contributed by atoms with E-state index in [1.54, 1.807) is 10.7 Å². The molecule has 1 aliphatic heterocycles. The Balaban J connectivity index is 2.37. The Morgan fingerprint density at radius 3 is 2.56 bits per heavy atom. The summed E-state index contributed by atoms with van der Waals surface area (Å²) in [6, 6.07) is 1.86. The summed E-state index contributed by atoms with van der Waals surface area (Å²) in [5, 5.41) is 13.1. The van der Waals surface area contributed by atoms with Gasteiger partial charge in [0.1, 0.15) is 5.82 Å². The van der Waals surface area contributed by atoms with Crippen molar-refractivity contribution in [3.05, 3.63) is 11.8 Å². The van der Waals surface area contributed by atoms with Gasteiger partial charge in [0.25, 0.3) is 0 Å². The maximum Gasteiger partial charge on any atom is 0.356 e. The molecule has 1 saturated heterocycles. The molecule has 1 fully saturated rings. The summed E-state index contributed by atoms with van der Waals surface area (Å²) in [5.74, 6) is -0.0234. The monoisotopic (exact) mass is 223 g/mol. The third-order valence-electron chi connectivity index (χ3n) is 2.85. The molecule has 5 heteroatoms. The van der Waals surface area contributed by atoms with E-state index in [9.17, 15) is 4.79 Å². The summed E-state index contributed by atoms with van der Waals surface area (Å²) in [5.41, 5.74) is 0.135. The van der Waals surface area contributed by atoms with Gasteiger partial charge in [-0.2, -0.15) is 5.10 Å².